The molecule has 2 amide bonds. The molecule has 2 N–H and O–H groups in total. The lowest BCUT2D eigenvalue weighted by atomic mass is 10.0. The Kier molecular flexibility index (Phi) is 6.46. The molecule has 0 unspecified atom stereocenters. The molecule has 1 saturated heterocycles. The van der Waals surface area contributed by atoms with Crippen LogP contribution in [0, 0.1) is 0 Å². The molecule has 3 rings (SSSR count). The molecule has 7 heteroatoms. The molecule has 0 bridgehead atoms. The number of rotatable bonds is 6. The van der Waals surface area contributed by atoms with E-state index >= 15 is 0 Å². The summed E-state index contributed by atoms with van der Waals surface area (Å²) in [5.41, 5.74) is 2.66. The molecule has 0 aliphatic carbocycles. The van der Waals surface area contributed by atoms with Crippen LogP contribution < -0.4 is 10.6 Å². The number of carbonyl (C=O) groups is 2. The van der Waals surface area contributed by atoms with Crippen LogP contribution in [-0.4, -0.2) is 52.2 Å². The Morgan fingerprint density at radius 1 is 1.18 bits per heavy atom. The molecule has 1 fully saturated rings. The minimum atomic E-state index is -0.0888. The van der Waals surface area contributed by atoms with E-state index in [1.54, 1.807) is 24.1 Å². The lowest BCUT2D eigenvalue weighted by Crippen LogP contribution is -2.46. The highest BCUT2D eigenvalue weighted by Gasteiger charge is 2.23. The summed E-state index contributed by atoms with van der Waals surface area (Å²) >= 11 is 0. The van der Waals surface area contributed by atoms with Crippen LogP contribution in [0.4, 0.5) is 5.69 Å². The van der Waals surface area contributed by atoms with Gasteiger partial charge in [-0.05, 0) is 36.5 Å². The first-order valence-corrected chi connectivity index (χ1v) is 9.82. The van der Waals surface area contributed by atoms with Gasteiger partial charge in [0.25, 0.3) is 5.91 Å². The van der Waals surface area contributed by atoms with Gasteiger partial charge in [-0.1, -0.05) is 26.0 Å². The van der Waals surface area contributed by atoms with E-state index in [0.717, 1.165) is 31.6 Å². The number of nitrogens with one attached hydrogen (secondary N) is 2. The van der Waals surface area contributed by atoms with Crippen molar-refractivity contribution < 1.29 is 9.59 Å². The number of hydrogen-bond acceptors (Lipinski definition) is 4. The van der Waals surface area contributed by atoms with Gasteiger partial charge in [0.15, 0.2) is 0 Å². The van der Waals surface area contributed by atoms with Crippen LogP contribution in [0.1, 0.15) is 48.5 Å². The van der Waals surface area contributed by atoms with E-state index in [1.807, 2.05) is 12.1 Å². The molecule has 0 radical (unpaired) electrons. The predicted molar refractivity (Wildman–Crippen MR) is 109 cm³/mol. The first kappa shape index (κ1) is 20.1. The van der Waals surface area contributed by atoms with Crippen LogP contribution in [0.3, 0.4) is 0 Å². The van der Waals surface area contributed by atoms with Crippen LogP contribution >= 0.6 is 0 Å². The monoisotopic (exact) mass is 383 g/mol. The van der Waals surface area contributed by atoms with Crippen molar-refractivity contribution in [2.45, 2.75) is 38.6 Å². The molecular formula is C21H29N5O2. The van der Waals surface area contributed by atoms with Crippen molar-refractivity contribution in [3.8, 4) is 0 Å². The van der Waals surface area contributed by atoms with Crippen molar-refractivity contribution in [2.24, 2.45) is 7.05 Å². The van der Waals surface area contributed by atoms with Crippen molar-refractivity contribution in [1.29, 1.82) is 0 Å². The number of carbonyl (C=O) groups excluding carboxylic acids is 2. The molecule has 1 aromatic heterocycles. The summed E-state index contributed by atoms with van der Waals surface area (Å²) in [6.07, 6.45) is 4.95. The number of piperidine rings is 1. The van der Waals surface area contributed by atoms with Gasteiger partial charge in [0, 0.05) is 38.1 Å². The summed E-state index contributed by atoms with van der Waals surface area (Å²) < 4.78 is 1.62. The maximum atomic E-state index is 12.3. The van der Waals surface area contributed by atoms with Gasteiger partial charge in [-0.2, -0.15) is 5.10 Å². The first-order chi connectivity index (χ1) is 13.4. The van der Waals surface area contributed by atoms with E-state index in [4.69, 9.17) is 0 Å². The smallest absolute Gasteiger partial charge is 0.254 e. The summed E-state index contributed by atoms with van der Waals surface area (Å²) in [5.74, 6) is 0.383. The zero-order valence-corrected chi connectivity index (χ0v) is 16.8. The van der Waals surface area contributed by atoms with Crippen LogP contribution in [0.15, 0.2) is 36.7 Å². The molecule has 1 aliphatic rings. The Balaban J connectivity index is 1.41. The normalized spacial score (nSPS) is 15.6. The van der Waals surface area contributed by atoms with E-state index in [0.29, 0.717) is 18.0 Å². The summed E-state index contributed by atoms with van der Waals surface area (Å²) in [6.45, 7) is 6.25. The quantitative estimate of drug-likeness (QED) is 0.803. The maximum absolute atomic E-state index is 12.3. The number of aromatic nitrogens is 2. The Hall–Kier alpha value is -2.67. The second-order valence-electron chi connectivity index (χ2n) is 7.75. The Morgan fingerprint density at radius 3 is 2.43 bits per heavy atom. The van der Waals surface area contributed by atoms with Crippen LogP contribution in [0.25, 0.3) is 0 Å². The fourth-order valence-corrected chi connectivity index (χ4v) is 3.40. The summed E-state index contributed by atoms with van der Waals surface area (Å²) in [6, 6.07) is 8.14. The van der Waals surface area contributed by atoms with Crippen molar-refractivity contribution in [1.82, 2.24) is 20.0 Å². The average molecular weight is 383 g/mol. The third-order valence-corrected chi connectivity index (χ3v) is 5.12. The van der Waals surface area contributed by atoms with Crippen molar-refractivity contribution >= 4 is 17.5 Å². The van der Waals surface area contributed by atoms with Crippen molar-refractivity contribution in [3.05, 3.63) is 47.8 Å². The molecule has 0 atom stereocenters. The summed E-state index contributed by atoms with van der Waals surface area (Å²) in [4.78, 5) is 26.7. The molecule has 2 aromatic rings. The minimum Gasteiger partial charge on any atom is -0.349 e. The highest BCUT2D eigenvalue weighted by Crippen LogP contribution is 2.17. The lowest BCUT2D eigenvalue weighted by Gasteiger charge is -2.31. The predicted octanol–water partition coefficient (Wildman–Crippen LogP) is 2.38. The van der Waals surface area contributed by atoms with Crippen molar-refractivity contribution in [3.63, 3.8) is 0 Å². The van der Waals surface area contributed by atoms with Gasteiger partial charge in [-0.3, -0.25) is 19.2 Å². The van der Waals surface area contributed by atoms with E-state index in [1.165, 1.54) is 5.56 Å². The number of benzene rings is 1. The van der Waals surface area contributed by atoms with Crippen LogP contribution in [0.2, 0.25) is 0 Å². The molecule has 28 heavy (non-hydrogen) atoms. The average Bonchev–Trinajstić information content (AvgIpc) is 3.10. The van der Waals surface area contributed by atoms with Gasteiger partial charge in [0.2, 0.25) is 5.91 Å². The number of hydrogen-bond donors (Lipinski definition) is 2. The van der Waals surface area contributed by atoms with E-state index < -0.39 is 0 Å². The minimum absolute atomic E-state index is 0.00450. The molecule has 1 aliphatic heterocycles. The molecule has 1 aromatic carbocycles. The third-order valence-electron chi connectivity index (χ3n) is 5.12. The number of amides is 2. The third kappa shape index (κ3) is 5.42. The van der Waals surface area contributed by atoms with Gasteiger partial charge >= 0.3 is 0 Å². The van der Waals surface area contributed by atoms with Crippen LogP contribution in [0.5, 0.6) is 0 Å². The fraction of sp³-hybridized carbons (Fsp3) is 0.476. The second kappa shape index (κ2) is 9.01. The molecule has 0 saturated carbocycles. The van der Waals surface area contributed by atoms with E-state index in [2.05, 4.69) is 46.6 Å². The maximum Gasteiger partial charge on any atom is 0.254 e. The molecular weight excluding hydrogens is 354 g/mol. The molecule has 150 valence electrons. The number of nitrogens with zero attached hydrogens (tertiary/aromatic N) is 3. The van der Waals surface area contributed by atoms with Crippen molar-refractivity contribution in [2.75, 3.05) is 25.0 Å². The lowest BCUT2D eigenvalue weighted by molar-refractivity contribution is -0.117. The van der Waals surface area contributed by atoms with E-state index in [-0.39, 0.29) is 17.9 Å². The Labute approximate surface area is 166 Å². The Bertz CT molecular complexity index is 804. The summed E-state index contributed by atoms with van der Waals surface area (Å²) in [7, 11) is 1.79. The van der Waals surface area contributed by atoms with Gasteiger partial charge in [0.1, 0.15) is 0 Å². The molecule has 0 spiro atoms. The van der Waals surface area contributed by atoms with Gasteiger partial charge in [-0.15, -0.1) is 0 Å². The van der Waals surface area contributed by atoms with E-state index in [9.17, 15) is 9.59 Å². The fourth-order valence-electron chi connectivity index (χ4n) is 3.40. The number of anilines is 1. The largest absolute Gasteiger partial charge is 0.349 e. The SMILES string of the molecule is CC(C)c1ccc(NC(=O)CN2CCC(NC(=O)c3cnn(C)c3)CC2)cc1. The first-order valence-electron chi connectivity index (χ1n) is 9.82. The number of likely N-dealkylation sites (tertiary alicyclic amines) is 1. The molecule has 7 nitrogen and oxygen atoms in total. The number of aryl methyl sites for hydroxylation is 1. The zero-order chi connectivity index (χ0) is 20.1. The Morgan fingerprint density at radius 2 is 1.86 bits per heavy atom. The van der Waals surface area contributed by atoms with Gasteiger partial charge in [0.05, 0.1) is 18.3 Å². The summed E-state index contributed by atoms with van der Waals surface area (Å²) in [5, 5.41) is 10.0. The highest BCUT2D eigenvalue weighted by atomic mass is 16.2. The second-order valence-corrected chi connectivity index (χ2v) is 7.75. The zero-order valence-electron chi connectivity index (χ0n) is 16.8. The van der Waals surface area contributed by atoms with Crippen LogP contribution in [-0.2, 0) is 11.8 Å². The standard InChI is InChI=1S/C21H29N5O2/c1-15(2)16-4-6-18(7-5-16)23-20(27)14-26-10-8-19(9-11-26)24-21(28)17-12-22-25(3)13-17/h4-7,12-13,15,19H,8-11,14H2,1-3H3,(H,23,27)(H,24,28). The highest BCUT2D eigenvalue weighted by molar-refractivity contribution is 5.94. The topological polar surface area (TPSA) is 79.3 Å². The van der Waals surface area contributed by atoms with Gasteiger partial charge in [-0.25, -0.2) is 0 Å². The van der Waals surface area contributed by atoms with Gasteiger partial charge < -0.3 is 10.6 Å². The molecule has 2 heterocycles.